The van der Waals surface area contributed by atoms with Crippen LogP contribution in [0.25, 0.3) is 11.1 Å². The quantitative estimate of drug-likeness (QED) is 0.586. The van der Waals surface area contributed by atoms with E-state index in [0.717, 1.165) is 22.3 Å². The molecule has 8 heteroatoms. The van der Waals surface area contributed by atoms with Crippen LogP contribution in [0.5, 0.6) is 0 Å². The van der Waals surface area contributed by atoms with Crippen molar-refractivity contribution in [2.45, 2.75) is 39.3 Å². The van der Waals surface area contributed by atoms with E-state index >= 15 is 0 Å². The third kappa shape index (κ3) is 5.11. The Morgan fingerprint density at radius 3 is 2.36 bits per heavy atom. The highest BCUT2D eigenvalue weighted by Crippen LogP contribution is 2.32. The molecule has 0 spiro atoms. The lowest BCUT2D eigenvalue weighted by Gasteiger charge is -2.28. The summed E-state index contributed by atoms with van der Waals surface area (Å²) in [7, 11) is 1.50. The van der Waals surface area contributed by atoms with Gasteiger partial charge >= 0.3 is 12.0 Å². The first-order chi connectivity index (χ1) is 15.6. The maximum atomic E-state index is 12.7. The van der Waals surface area contributed by atoms with Gasteiger partial charge in [0.05, 0.1) is 12.5 Å². The number of nitrogens with zero attached hydrogens (tertiary/aromatic N) is 1. The van der Waals surface area contributed by atoms with E-state index in [4.69, 9.17) is 0 Å². The number of amides is 3. The van der Waals surface area contributed by atoms with Crippen LogP contribution < -0.4 is 10.6 Å². The molecule has 1 heterocycles. The summed E-state index contributed by atoms with van der Waals surface area (Å²) in [5, 5.41) is 14.5. The molecule has 0 saturated carbocycles. The third-order valence-electron chi connectivity index (χ3n) is 5.78. The first-order valence-electron chi connectivity index (χ1n) is 10.5. The number of aryl methyl sites for hydroxylation is 1. The summed E-state index contributed by atoms with van der Waals surface area (Å²) in [5.41, 5.74) is 4.83. The summed E-state index contributed by atoms with van der Waals surface area (Å²) < 4.78 is 0. The van der Waals surface area contributed by atoms with Gasteiger partial charge in [-0.05, 0) is 48.6 Å². The molecule has 8 nitrogen and oxygen atoms in total. The van der Waals surface area contributed by atoms with Gasteiger partial charge in [-0.25, -0.2) is 4.79 Å². The Bertz CT molecular complexity index is 1150. The molecule has 33 heavy (non-hydrogen) atoms. The number of nitrogens with one attached hydrogen (secondary N) is 2. The first kappa shape index (κ1) is 23.7. The summed E-state index contributed by atoms with van der Waals surface area (Å²) in [5.74, 6) is -2.15. The highest BCUT2D eigenvalue weighted by atomic mass is 16.4. The second kappa shape index (κ2) is 9.68. The van der Waals surface area contributed by atoms with Gasteiger partial charge in [0.25, 0.3) is 5.91 Å². The minimum absolute atomic E-state index is 0.339. The summed E-state index contributed by atoms with van der Waals surface area (Å²) in [6, 6.07) is 10.4. The number of carboxylic acids is 1. The minimum atomic E-state index is -1.36. The van der Waals surface area contributed by atoms with Gasteiger partial charge in [0.15, 0.2) is 11.8 Å². The number of urea groups is 1. The highest BCUT2D eigenvalue weighted by Gasteiger charge is 2.35. The molecule has 2 aromatic rings. The van der Waals surface area contributed by atoms with Gasteiger partial charge in [-0.1, -0.05) is 42.5 Å². The molecule has 2 aromatic carbocycles. The number of likely N-dealkylation sites (N-methyl/N-ethyl adjacent to an activating group) is 1. The zero-order chi connectivity index (χ0) is 24.3. The Balaban J connectivity index is 1.89. The Hall–Kier alpha value is -3.94. The minimum Gasteiger partial charge on any atom is -0.481 e. The number of carboxylic acid groups (broad SMARTS) is 1. The van der Waals surface area contributed by atoms with Crippen LogP contribution in [0.3, 0.4) is 0 Å². The molecule has 3 N–H and O–H groups in total. The van der Waals surface area contributed by atoms with Crippen molar-refractivity contribution >= 4 is 23.7 Å². The molecule has 1 aliphatic rings. The van der Waals surface area contributed by atoms with Crippen LogP contribution in [-0.2, 0) is 14.4 Å². The van der Waals surface area contributed by atoms with Crippen molar-refractivity contribution in [3.63, 3.8) is 0 Å². The van der Waals surface area contributed by atoms with E-state index in [1.165, 1.54) is 18.1 Å². The molecular formula is C25H27N3O5. The molecule has 172 valence electrons. The van der Waals surface area contributed by atoms with Crippen molar-refractivity contribution in [2.24, 2.45) is 0 Å². The predicted octanol–water partition coefficient (Wildman–Crippen LogP) is 3.10. The maximum absolute atomic E-state index is 12.7. The molecule has 3 amide bonds. The lowest BCUT2D eigenvalue weighted by molar-refractivity contribution is -0.138. The van der Waals surface area contributed by atoms with E-state index in [-0.39, 0.29) is 6.42 Å². The first-order valence-corrected chi connectivity index (χ1v) is 10.5. The number of ketones is 1. The molecule has 2 atom stereocenters. The van der Waals surface area contributed by atoms with Crippen molar-refractivity contribution in [3.8, 4) is 11.1 Å². The second-order valence-electron chi connectivity index (χ2n) is 8.16. The zero-order valence-corrected chi connectivity index (χ0v) is 19.0. The van der Waals surface area contributed by atoms with Crippen molar-refractivity contribution in [2.75, 3.05) is 7.05 Å². The largest absolute Gasteiger partial charge is 0.481 e. The fourth-order valence-corrected chi connectivity index (χ4v) is 4.03. The van der Waals surface area contributed by atoms with Gasteiger partial charge < -0.3 is 20.6 Å². The SMILES string of the molecule is CC1=CN(C)C(=O)C(NC(=O)NC(CC(=O)O)c2cccc(-c3ccccc3C)c2C)C1=O. The van der Waals surface area contributed by atoms with E-state index in [0.29, 0.717) is 11.1 Å². The molecule has 0 saturated heterocycles. The van der Waals surface area contributed by atoms with Gasteiger partial charge in [-0.15, -0.1) is 0 Å². The van der Waals surface area contributed by atoms with E-state index in [1.54, 1.807) is 13.0 Å². The van der Waals surface area contributed by atoms with Gasteiger partial charge in [0, 0.05) is 18.8 Å². The number of hydrogen-bond acceptors (Lipinski definition) is 4. The Morgan fingerprint density at radius 1 is 1.03 bits per heavy atom. The number of carbonyl (C=O) groups is 4. The van der Waals surface area contributed by atoms with Crippen LogP contribution in [0, 0.1) is 13.8 Å². The van der Waals surface area contributed by atoms with E-state index < -0.39 is 35.8 Å². The summed E-state index contributed by atoms with van der Waals surface area (Å²) in [4.78, 5) is 50.3. The van der Waals surface area contributed by atoms with Crippen LogP contribution in [0.2, 0.25) is 0 Å². The average Bonchev–Trinajstić information content (AvgIpc) is 2.75. The molecule has 0 aromatic heterocycles. The monoisotopic (exact) mass is 449 g/mol. The molecule has 0 aliphatic carbocycles. The molecule has 0 bridgehead atoms. The molecule has 2 unspecified atom stereocenters. The lowest BCUT2D eigenvalue weighted by Crippen LogP contribution is -2.56. The normalized spacial score (nSPS) is 16.8. The highest BCUT2D eigenvalue weighted by molar-refractivity contribution is 6.16. The number of Topliss-reactive ketones (excluding diaryl/α,β-unsaturated/α-hetero) is 1. The summed E-state index contributed by atoms with van der Waals surface area (Å²) in [6.07, 6.45) is 1.05. The van der Waals surface area contributed by atoms with Gasteiger partial charge in [-0.2, -0.15) is 0 Å². The fraction of sp³-hybridized carbons (Fsp3) is 0.280. The van der Waals surface area contributed by atoms with Crippen LogP contribution in [0.15, 0.2) is 54.2 Å². The van der Waals surface area contributed by atoms with Gasteiger partial charge in [0.2, 0.25) is 0 Å². The Kier molecular flexibility index (Phi) is 6.96. The number of carbonyl (C=O) groups excluding carboxylic acids is 3. The molecule has 0 radical (unpaired) electrons. The molecule has 1 aliphatic heterocycles. The molecule has 3 rings (SSSR count). The molecular weight excluding hydrogens is 422 g/mol. The van der Waals surface area contributed by atoms with Crippen LogP contribution >= 0.6 is 0 Å². The van der Waals surface area contributed by atoms with Crippen LogP contribution in [-0.4, -0.2) is 46.8 Å². The number of rotatable bonds is 6. The van der Waals surface area contributed by atoms with E-state index in [1.807, 2.05) is 50.2 Å². The lowest BCUT2D eigenvalue weighted by atomic mass is 9.90. The predicted molar refractivity (Wildman–Crippen MR) is 123 cm³/mol. The van der Waals surface area contributed by atoms with E-state index in [2.05, 4.69) is 10.6 Å². The Labute approximate surface area is 192 Å². The van der Waals surface area contributed by atoms with Crippen molar-refractivity contribution in [1.29, 1.82) is 0 Å². The number of benzene rings is 2. The average molecular weight is 450 g/mol. The standard InChI is InChI=1S/C25H27N3O5/c1-14-8-5-6-9-17(14)18-10-7-11-19(16(18)3)20(12-21(29)30)26-25(33)27-22-23(31)15(2)13-28(4)24(22)32/h5-11,13,20,22H,12H2,1-4H3,(H,29,30)(H2,26,27,33). The molecule has 0 fully saturated rings. The topological polar surface area (TPSA) is 116 Å². The smallest absolute Gasteiger partial charge is 0.316 e. The van der Waals surface area contributed by atoms with E-state index in [9.17, 15) is 24.3 Å². The van der Waals surface area contributed by atoms with Crippen LogP contribution in [0.1, 0.15) is 36.1 Å². The van der Waals surface area contributed by atoms with Gasteiger partial charge in [-0.3, -0.25) is 14.4 Å². The Morgan fingerprint density at radius 2 is 1.70 bits per heavy atom. The van der Waals surface area contributed by atoms with Crippen molar-refractivity contribution < 1.29 is 24.3 Å². The zero-order valence-electron chi connectivity index (χ0n) is 19.0. The third-order valence-corrected chi connectivity index (χ3v) is 5.78. The number of hydrogen-bond donors (Lipinski definition) is 3. The number of aliphatic carboxylic acids is 1. The maximum Gasteiger partial charge on any atom is 0.316 e. The summed E-state index contributed by atoms with van der Waals surface area (Å²) >= 11 is 0. The summed E-state index contributed by atoms with van der Waals surface area (Å²) in [6.45, 7) is 5.43. The van der Waals surface area contributed by atoms with Crippen molar-refractivity contribution in [1.82, 2.24) is 15.5 Å². The van der Waals surface area contributed by atoms with Crippen LogP contribution in [0.4, 0.5) is 4.79 Å². The second-order valence-corrected chi connectivity index (χ2v) is 8.16. The van der Waals surface area contributed by atoms with Crippen molar-refractivity contribution in [3.05, 3.63) is 70.9 Å². The van der Waals surface area contributed by atoms with Gasteiger partial charge in [0.1, 0.15) is 0 Å². The fourth-order valence-electron chi connectivity index (χ4n) is 4.03.